The standard InChI is InChI=1S/C13H20N2O.ClH/c1-15(2)10-12-5-3-7-13(12,16)11-6-4-8-14-9-11;/h4,6,8-9,12,16H,3,5,7,10H2,1-2H3;1H. The predicted molar refractivity (Wildman–Crippen MR) is 71.3 cm³/mol. The van der Waals surface area contributed by atoms with Crippen molar-refractivity contribution in [2.24, 2.45) is 5.92 Å². The molecule has 1 aromatic rings. The number of hydrogen-bond acceptors (Lipinski definition) is 3. The van der Waals surface area contributed by atoms with Gasteiger partial charge >= 0.3 is 0 Å². The van der Waals surface area contributed by atoms with Gasteiger partial charge in [-0.3, -0.25) is 4.98 Å². The zero-order chi connectivity index (χ0) is 11.6. The van der Waals surface area contributed by atoms with Gasteiger partial charge in [-0.1, -0.05) is 6.07 Å². The zero-order valence-electron chi connectivity index (χ0n) is 10.5. The molecule has 2 rings (SSSR count). The van der Waals surface area contributed by atoms with Gasteiger partial charge in [0.15, 0.2) is 0 Å². The molecule has 0 aliphatic heterocycles. The number of aromatic nitrogens is 1. The summed E-state index contributed by atoms with van der Waals surface area (Å²) in [5, 5.41) is 10.8. The van der Waals surface area contributed by atoms with Crippen molar-refractivity contribution >= 4 is 12.4 Å². The second-order valence-electron chi connectivity index (χ2n) is 5.02. The van der Waals surface area contributed by atoms with E-state index < -0.39 is 5.60 Å². The van der Waals surface area contributed by atoms with Crippen molar-refractivity contribution in [3.63, 3.8) is 0 Å². The van der Waals surface area contributed by atoms with Crippen molar-refractivity contribution in [2.75, 3.05) is 20.6 Å². The molecule has 1 aliphatic rings. The highest BCUT2D eigenvalue weighted by atomic mass is 35.5. The molecule has 4 heteroatoms. The van der Waals surface area contributed by atoms with Crippen LogP contribution in [0.1, 0.15) is 24.8 Å². The van der Waals surface area contributed by atoms with Gasteiger partial charge in [0.05, 0.1) is 5.60 Å². The minimum atomic E-state index is -0.668. The lowest BCUT2D eigenvalue weighted by molar-refractivity contribution is -0.0113. The number of pyridine rings is 1. The second kappa shape index (κ2) is 5.80. The Labute approximate surface area is 109 Å². The molecular weight excluding hydrogens is 236 g/mol. The monoisotopic (exact) mass is 256 g/mol. The first-order valence-electron chi connectivity index (χ1n) is 5.90. The van der Waals surface area contributed by atoms with Crippen molar-refractivity contribution in [3.05, 3.63) is 30.1 Å². The van der Waals surface area contributed by atoms with Crippen LogP contribution in [0.25, 0.3) is 0 Å². The van der Waals surface area contributed by atoms with Crippen LogP contribution in [0.5, 0.6) is 0 Å². The van der Waals surface area contributed by atoms with E-state index in [-0.39, 0.29) is 12.4 Å². The van der Waals surface area contributed by atoms with Crippen molar-refractivity contribution in [1.82, 2.24) is 9.88 Å². The van der Waals surface area contributed by atoms with Gasteiger partial charge in [-0.05, 0) is 39.4 Å². The summed E-state index contributed by atoms with van der Waals surface area (Å²) in [7, 11) is 4.12. The fourth-order valence-electron chi connectivity index (χ4n) is 2.74. The van der Waals surface area contributed by atoms with Gasteiger partial charge < -0.3 is 10.0 Å². The molecule has 17 heavy (non-hydrogen) atoms. The number of rotatable bonds is 3. The average Bonchev–Trinajstić information content (AvgIpc) is 2.62. The fourth-order valence-corrected chi connectivity index (χ4v) is 2.74. The lowest BCUT2D eigenvalue weighted by atomic mass is 9.84. The van der Waals surface area contributed by atoms with Crippen molar-refractivity contribution in [3.8, 4) is 0 Å². The largest absolute Gasteiger partial charge is 0.385 e. The molecule has 0 saturated heterocycles. The lowest BCUT2D eigenvalue weighted by Gasteiger charge is -2.32. The molecule has 1 heterocycles. The highest BCUT2D eigenvalue weighted by molar-refractivity contribution is 5.85. The van der Waals surface area contributed by atoms with E-state index in [1.54, 1.807) is 12.4 Å². The van der Waals surface area contributed by atoms with Gasteiger partial charge in [0.1, 0.15) is 0 Å². The van der Waals surface area contributed by atoms with E-state index >= 15 is 0 Å². The van der Waals surface area contributed by atoms with Gasteiger partial charge in [-0.2, -0.15) is 0 Å². The van der Waals surface area contributed by atoms with Gasteiger partial charge in [0.25, 0.3) is 0 Å². The first-order valence-corrected chi connectivity index (χ1v) is 5.90. The van der Waals surface area contributed by atoms with E-state index in [2.05, 4.69) is 24.0 Å². The normalized spacial score (nSPS) is 28.1. The topological polar surface area (TPSA) is 36.4 Å². The van der Waals surface area contributed by atoms with Crippen LogP contribution in [-0.2, 0) is 5.60 Å². The minimum Gasteiger partial charge on any atom is -0.385 e. The second-order valence-corrected chi connectivity index (χ2v) is 5.02. The molecule has 1 saturated carbocycles. The first-order chi connectivity index (χ1) is 7.63. The molecule has 3 nitrogen and oxygen atoms in total. The predicted octanol–water partition coefficient (Wildman–Crippen LogP) is 2.05. The SMILES string of the molecule is CN(C)CC1CCCC1(O)c1cccnc1.Cl. The summed E-state index contributed by atoms with van der Waals surface area (Å²) in [5.74, 6) is 0.326. The summed E-state index contributed by atoms with van der Waals surface area (Å²) in [6.07, 6.45) is 6.61. The molecule has 0 amide bonds. The van der Waals surface area contributed by atoms with Crippen LogP contribution in [0.3, 0.4) is 0 Å². The third kappa shape index (κ3) is 2.97. The Balaban J connectivity index is 0.00000144. The third-order valence-corrected chi connectivity index (χ3v) is 3.53. The molecule has 2 unspecified atom stereocenters. The maximum atomic E-state index is 10.8. The number of nitrogens with zero attached hydrogens (tertiary/aromatic N) is 2. The van der Waals surface area contributed by atoms with E-state index in [1.165, 1.54) is 0 Å². The van der Waals surface area contributed by atoms with E-state index in [0.717, 1.165) is 31.4 Å². The van der Waals surface area contributed by atoms with Crippen molar-refractivity contribution in [2.45, 2.75) is 24.9 Å². The minimum absolute atomic E-state index is 0. The molecule has 96 valence electrons. The maximum absolute atomic E-state index is 10.8. The maximum Gasteiger partial charge on any atom is 0.0951 e. The highest BCUT2D eigenvalue weighted by Gasteiger charge is 2.42. The number of hydrogen-bond donors (Lipinski definition) is 1. The molecule has 1 fully saturated rings. The smallest absolute Gasteiger partial charge is 0.0951 e. The Bertz CT molecular complexity index is 345. The Kier molecular flexibility index (Phi) is 4.92. The van der Waals surface area contributed by atoms with Gasteiger partial charge in [-0.25, -0.2) is 0 Å². The van der Waals surface area contributed by atoms with Crippen LogP contribution in [-0.4, -0.2) is 35.6 Å². The molecule has 0 bridgehead atoms. The average molecular weight is 257 g/mol. The summed E-state index contributed by atoms with van der Waals surface area (Å²) >= 11 is 0. The van der Waals surface area contributed by atoms with E-state index in [0.29, 0.717) is 5.92 Å². The van der Waals surface area contributed by atoms with Gasteiger partial charge in [0, 0.05) is 30.4 Å². The Morgan fingerprint density at radius 1 is 1.53 bits per heavy atom. The highest BCUT2D eigenvalue weighted by Crippen LogP contribution is 2.43. The van der Waals surface area contributed by atoms with E-state index in [1.807, 2.05) is 12.1 Å². The Morgan fingerprint density at radius 2 is 2.29 bits per heavy atom. The molecule has 0 aromatic carbocycles. The Hall–Kier alpha value is -0.640. The van der Waals surface area contributed by atoms with Crippen molar-refractivity contribution < 1.29 is 5.11 Å². The zero-order valence-corrected chi connectivity index (χ0v) is 11.3. The molecular formula is C13H21ClN2O. The van der Waals surface area contributed by atoms with Crippen LogP contribution < -0.4 is 0 Å². The van der Waals surface area contributed by atoms with Crippen LogP contribution in [0.15, 0.2) is 24.5 Å². The van der Waals surface area contributed by atoms with Crippen molar-refractivity contribution in [1.29, 1.82) is 0 Å². The van der Waals surface area contributed by atoms with E-state index in [9.17, 15) is 5.11 Å². The van der Waals surface area contributed by atoms with E-state index in [4.69, 9.17) is 0 Å². The van der Waals surface area contributed by atoms with Crippen LogP contribution >= 0.6 is 12.4 Å². The molecule has 1 aliphatic carbocycles. The number of aliphatic hydroxyl groups is 1. The molecule has 0 radical (unpaired) electrons. The van der Waals surface area contributed by atoms with Gasteiger partial charge in [-0.15, -0.1) is 12.4 Å². The van der Waals surface area contributed by atoms with Crippen LogP contribution in [0, 0.1) is 5.92 Å². The molecule has 2 atom stereocenters. The molecule has 1 N–H and O–H groups in total. The first kappa shape index (κ1) is 14.4. The molecule has 0 spiro atoms. The number of halogens is 1. The summed E-state index contributed by atoms with van der Waals surface area (Å²) in [4.78, 5) is 6.26. The Morgan fingerprint density at radius 3 is 2.88 bits per heavy atom. The van der Waals surface area contributed by atoms with Gasteiger partial charge in [0.2, 0.25) is 0 Å². The van der Waals surface area contributed by atoms with Crippen LogP contribution in [0.2, 0.25) is 0 Å². The lowest BCUT2D eigenvalue weighted by Crippen LogP contribution is -2.36. The quantitative estimate of drug-likeness (QED) is 0.899. The summed E-state index contributed by atoms with van der Waals surface area (Å²) < 4.78 is 0. The fraction of sp³-hybridized carbons (Fsp3) is 0.615. The summed E-state index contributed by atoms with van der Waals surface area (Å²) in [6, 6.07) is 3.89. The molecule has 1 aromatic heterocycles. The van der Waals surface area contributed by atoms with Crippen LogP contribution in [0.4, 0.5) is 0 Å². The third-order valence-electron chi connectivity index (χ3n) is 3.53. The summed E-state index contributed by atoms with van der Waals surface area (Å²) in [6.45, 7) is 0.936. The summed E-state index contributed by atoms with van der Waals surface area (Å²) in [5.41, 5.74) is 0.303.